The molecule has 0 radical (unpaired) electrons. The van der Waals surface area contributed by atoms with E-state index < -0.39 is 22.9 Å². The second-order valence-electron chi connectivity index (χ2n) is 5.14. The highest BCUT2D eigenvalue weighted by molar-refractivity contribution is 5.97. The number of allylic oxidation sites excluding steroid dienone is 1. The smallest absolute Gasteiger partial charge is 0.348 e. The number of carbonyl (C=O) groups is 2. The van der Waals surface area contributed by atoms with E-state index in [1.165, 1.54) is 31.2 Å². The zero-order chi connectivity index (χ0) is 17.1. The van der Waals surface area contributed by atoms with Crippen molar-refractivity contribution < 1.29 is 24.0 Å². The van der Waals surface area contributed by atoms with Gasteiger partial charge in [0.05, 0.1) is 17.4 Å². The van der Waals surface area contributed by atoms with Crippen LogP contribution in [-0.4, -0.2) is 29.4 Å². The van der Waals surface area contributed by atoms with Gasteiger partial charge in [0.15, 0.2) is 5.78 Å². The summed E-state index contributed by atoms with van der Waals surface area (Å²) in [4.78, 5) is 34.3. The van der Waals surface area contributed by atoms with E-state index in [1.807, 2.05) is 0 Å². The fraction of sp³-hybridized carbons (Fsp3) is 0.375. The Morgan fingerprint density at radius 2 is 1.91 bits per heavy atom. The first-order valence-corrected chi connectivity index (χ1v) is 7.16. The summed E-state index contributed by atoms with van der Waals surface area (Å²) in [6.07, 6.45) is -0.963. The number of ether oxygens (including phenoxy) is 2. The molecule has 0 unspecified atom stereocenters. The van der Waals surface area contributed by atoms with Crippen LogP contribution < -0.4 is 0 Å². The minimum absolute atomic E-state index is 0.0644. The van der Waals surface area contributed by atoms with Crippen molar-refractivity contribution in [2.24, 2.45) is 0 Å². The Labute approximate surface area is 133 Å². The largest absolute Gasteiger partial charge is 0.482 e. The van der Waals surface area contributed by atoms with Gasteiger partial charge in [0.2, 0.25) is 6.10 Å². The number of benzene rings is 1. The molecule has 122 valence electrons. The monoisotopic (exact) mass is 319 g/mol. The maximum Gasteiger partial charge on any atom is 0.348 e. The summed E-state index contributed by atoms with van der Waals surface area (Å²) in [6.45, 7) is 4.89. The second-order valence-corrected chi connectivity index (χ2v) is 5.14. The van der Waals surface area contributed by atoms with Crippen molar-refractivity contribution in [3.05, 3.63) is 51.3 Å². The molecule has 2 rings (SSSR count). The van der Waals surface area contributed by atoms with Gasteiger partial charge in [0.1, 0.15) is 5.76 Å². The highest BCUT2D eigenvalue weighted by Crippen LogP contribution is 2.40. The van der Waals surface area contributed by atoms with E-state index in [1.54, 1.807) is 13.8 Å². The predicted molar refractivity (Wildman–Crippen MR) is 80.7 cm³/mol. The number of Topliss-reactive ketones (excluding diaryl/α,β-unsaturated/α-hetero) is 1. The normalized spacial score (nSPS) is 20.1. The van der Waals surface area contributed by atoms with Gasteiger partial charge < -0.3 is 9.47 Å². The number of rotatable bonds is 5. The Kier molecular flexibility index (Phi) is 4.78. The van der Waals surface area contributed by atoms with Gasteiger partial charge in [0.25, 0.3) is 5.69 Å². The average molecular weight is 319 g/mol. The SMILES string of the molecule is CCOC(=O)[C@H]1OC(C)=C(C(C)=O)[C@@H]1c1ccc([N+](=O)[O-])cc1. The van der Waals surface area contributed by atoms with E-state index in [4.69, 9.17) is 9.47 Å². The van der Waals surface area contributed by atoms with Crippen molar-refractivity contribution >= 4 is 17.4 Å². The number of esters is 1. The molecule has 1 aromatic rings. The molecule has 23 heavy (non-hydrogen) atoms. The van der Waals surface area contributed by atoms with Crippen LogP contribution in [0.15, 0.2) is 35.6 Å². The van der Waals surface area contributed by atoms with Crippen molar-refractivity contribution in [1.29, 1.82) is 0 Å². The molecule has 0 amide bonds. The quantitative estimate of drug-likeness (QED) is 0.470. The third-order valence-corrected chi connectivity index (χ3v) is 3.66. The van der Waals surface area contributed by atoms with Crippen LogP contribution in [0.3, 0.4) is 0 Å². The lowest BCUT2D eigenvalue weighted by molar-refractivity contribution is -0.384. The summed E-state index contributed by atoms with van der Waals surface area (Å²) in [5, 5.41) is 10.8. The first-order valence-electron chi connectivity index (χ1n) is 7.16. The first kappa shape index (κ1) is 16.7. The number of nitrogens with zero attached hydrogens (tertiary/aromatic N) is 1. The van der Waals surface area contributed by atoms with Gasteiger partial charge in [-0.05, 0) is 26.3 Å². The van der Waals surface area contributed by atoms with E-state index in [0.29, 0.717) is 16.9 Å². The second kappa shape index (κ2) is 6.60. The summed E-state index contributed by atoms with van der Waals surface area (Å²) in [7, 11) is 0. The van der Waals surface area contributed by atoms with E-state index in [9.17, 15) is 19.7 Å². The summed E-state index contributed by atoms with van der Waals surface area (Å²) < 4.78 is 10.6. The van der Waals surface area contributed by atoms with Crippen LogP contribution in [0, 0.1) is 10.1 Å². The molecule has 2 atom stereocenters. The number of nitro benzene ring substituents is 1. The number of nitro groups is 1. The van der Waals surface area contributed by atoms with Crippen LogP contribution in [0.2, 0.25) is 0 Å². The predicted octanol–water partition coefficient (Wildman–Crippen LogP) is 2.50. The average Bonchev–Trinajstić information content (AvgIpc) is 2.85. The lowest BCUT2D eigenvalue weighted by Crippen LogP contribution is -2.30. The van der Waals surface area contributed by atoms with E-state index >= 15 is 0 Å². The van der Waals surface area contributed by atoms with E-state index in [-0.39, 0.29) is 18.1 Å². The number of hydrogen-bond acceptors (Lipinski definition) is 6. The third kappa shape index (κ3) is 3.23. The van der Waals surface area contributed by atoms with Crippen LogP contribution >= 0.6 is 0 Å². The molecular formula is C16H17NO6. The number of carbonyl (C=O) groups excluding carboxylic acids is 2. The molecule has 0 aliphatic carbocycles. The zero-order valence-electron chi connectivity index (χ0n) is 13.1. The van der Waals surface area contributed by atoms with Gasteiger partial charge in [-0.15, -0.1) is 0 Å². The van der Waals surface area contributed by atoms with Gasteiger partial charge in [0, 0.05) is 17.7 Å². The molecule has 1 aliphatic rings. The Morgan fingerprint density at radius 3 is 2.39 bits per heavy atom. The summed E-state index contributed by atoms with van der Waals surface area (Å²) in [5.74, 6) is -1.03. The number of ketones is 1. The molecule has 1 aromatic carbocycles. The molecule has 0 spiro atoms. The Morgan fingerprint density at radius 1 is 1.30 bits per heavy atom. The van der Waals surface area contributed by atoms with Crippen LogP contribution in [0.1, 0.15) is 32.3 Å². The number of non-ortho nitro benzene ring substituents is 1. The first-order chi connectivity index (χ1) is 10.9. The maximum absolute atomic E-state index is 12.1. The minimum atomic E-state index is -0.963. The Balaban J connectivity index is 2.44. The fourth-order valence-corrected chi connectivity index (χ4v) is 2.71. The van der Waals surface area contributed by atoms with Gasteiger partial charge in [-0.2, -0.15) is 0 Å². The van der Waals surface area contributed by atoms with Crippen molar-refractivity contribution in [3.63, 3.8) is 0 Å². The summed E-state index contributed by atoms with van der Waals surface area (Å²) in [6, 6.07) is 5.73. The van der Waals surface area contributed by atoms with E-state index in [2.05, 4.69) is 0 Å². The van der Waals surface area contributed by atoms with Crippen LogP contribution in [0.5, 0.6) is 0 Å². The minimum Gasteiger partial charge on any atom is -0.482 e. The van der Waals surface area contributed by atoms with Crippen molar-refractivity contribution in [2.45, 2.75) is 32.8 Å². The maximum atomic E-state index is 12.1. The van der Waals surface area contributed by atoms with Gasteiger partial charge in [-0.25, -0.2) is 4.79 Å². The van der Waals surface area contributed by atoms with Crippen molar-refractivity contribution in [1.82, 2.24) is 0 Å². The summed E-state index contributed by atoms with van der Waals surface area (Å²) in [5.41, 5.74) is 0.915. The molecule has 0 fully saturated rings. The van der Waals surface area contributed by atoms with Crippen LogP contribution in [-0.2, 0) is 19.1 Å². The van der Waals surface area contributed by atoms with Crippen molar-refractivity contribution in [2.75, 3.05) is 6.61 Å². The molecule has 0 N–H and O–H groups in total. The lowest BCUT2D eigenvalue weighted by Gasteiger charge is -2.19. The Hall–Kier alpha value is -2.70. The fourth-order valence-electron chi connectivity index (χ4n) is 2.71. The lowest BCUT2D eigenvalue weighted by atomic mass is 9.85. The zero-order valence-corrected chi connectivity index (χ0v) is 13.1. The topological polar surface area (TPSA) is 95.7 Å². The molecule has 0 bridgehead atoms. The van der Waals surface area contributed by atoms with Gasteiger partial charge in [-0.3, -0.25) is 14.9 Å². The Bertz CT molecular complexity index is 676. The van der Waals surface area contributed by atoms with E-state index in [0.717, 1.165) is 0 Å². The molecule has 1 aliphatic heterocycles. The van der Waals surface area contributed by atoms with Crippen LogP contribution in [0.4, 0.5) is 5.69 Å². The third-order valence-electron chi connectivity index (χ3n) is 3.66. The molecule has 1 heterocycles. The summed E-state index contributed by atoms with van der Waals surface area (Å²) >= 11 is 0. The van der Waals surface area contributed by atoms with Gasteiger partial charge in [-0.1, -0.05) is 12.1 Å². The molecule has 7 heteroatoms. The van der Waals surface area contributed by atoms with Gasteiger partial charge >= 0.3 is 5.97 Å². The standard InChI is InChI=1S/C16H17NO6/c1-4-22-16(19)15-14(13(9(2)18)10(3)23-15)11-5-7-12(8-6-11)17(20)21/h5-8,14-15H,4H2,1-3H3/t14-,15-/m0/s1. The molecule has 0 aromatic heterocycles. The highest BCUT2D eigenvalue weighted by Gasteiger charge is 2.43. The molecule has 7 nitrogen and oxygen atoms in total. The number of hydrogen-bond donors (Lipinski definition) is 0. The van der Waals surface area contributed by atoms with Crippen molar-refractivity contribution in [3.8, 4) is 0 Å². The highest BCUT2D eigenvalue weighted by atomic mass is 16.6. The molecule has 0 saturated carbocycles. The van der Waals surface area contributed by atoms with Crippen LogP contribution in [0.25, 0.3) is 0 Å². The molecule has 0 saturated heterocycles. The molecular weight excluding hydrogens is 302 g/mol.